The molecule has 0 heterocycles. The number of hydrogen-bond acceptors (Lipinski definition) is 3. The third kappa shape index (κ3) is 4.50. The average molecular weight is 254 g/mol. The summed E-state index contributed by atoms with van der Waals surface area (Å²) in [6.07, 6.45) is -0.656. The molecule has 0 bridgehead atoms. The third-order valence-electron chi connectivity index (χ3n) is 2.12. The minimum Gasteiger partial charge on any atom is -0.392 e. The summed E-state index contributed by atoms with van der Waals surface area (Å²) in [5.41, 5.74) is -0.110. The number of benzene rings is 1. The van der Waals surface area contributed by atoms with E-state index in [9.17, 15) is 14.0 Å². The number of nitrogens with one attached hydrogen (secondary N) is 2. The fourth-order valence-electron chi connectivity index (χ4n) is 1.23. The van der Waals surface area contributed by atoms with E-state index in [0.29, 0.717) is 0 Å². The Balaban J connectivity index is 2.42. The van der Waals surface area contributed by atoms with Crippen molar-refractivity contribution in [1.29, 1.82) is 0 Å². The van der Waals surface area contributed by atoms with Crippen molar-refractivity contribution < 1.29 is 19.1 Å². The van der Waals surface area contributed by atoms with Crippen LogP contribution >= 0.6 is 0 Å². The molecule has 18 heavy (non-hydrogen) atoms. The number of amides is 2. The van der Waals surface area contributed by atoms with Crippen LogP contribution < -0.4 is 10.6 Å². The van der Waals surface area contributed by atoms with Crippen molar-refractivity contribution >= 4 is 11.8 Å². The number of hydrogen-bond donors (Lipinski definition) is 3. The molecule has 1 atom stereocenters. The lowest BCUT2D eigenvalue weighted by Crippen LogP contribution is -2.39. The molecule has 2 amide bonds. The van der Waals surface area contributed by atoms with Gasteiger partial charge in [-0.2, -0.15) is 0 Å². The van der Waals surface area contributed by atoms with Crippen molar-refractivity contribution in [2.45, 2.75) is 13.0 Å². The van der Waals surface area contributed by atoms with Crippen molar-refractivity contribution in [3.05, 3.63) is 35.6 Å². The second-order valence-corrected chi connectivity index (χ2v) is 3.82. The van der Waals surface area contributed by atoms with Gasteiger partial charge in [-0.3, -0.25) is 9.59 Å². The van der Waals surface area contributed by atoms with Gasteiger partial charge in [0.1, 0.15) is 5.82 Å². The van der Waals surface area contributed by atoms with E-state index in [0.717, 1.165) is 0 Å². The van der Waals surface area contributed by atoms with Crippen LogP contribution in [0.3, 0.4) is 0 Å². The molecule has 6 heteroatoms. The Morgan fingerprint density at radius 1 is 1.33 bits per heavy atom. The molecule has 5 nitrogen and oxygen atoms in total. The maximum Gasteiger partial charge on any atom is 0.254 e. The second-order valence-electron chi connectivity index (χ2n) is 3.82. The quantitative estimate of drug-likeness (QED) is 0.695. The molecule has 1 aromatic rings. The van der Waals surface area contributed by atoms with Crippen molar-refractivity contribution in [2.75, 3.05) is 13.1 Å². The highest BCUT2D eigenvalue weighted by molar-refractivity contribution is 5.96. The third-order valence-corrected chi connectivity index (χ3v) is 2.12. The zero-order valence-electron chi connectivity index (χ0n) is 9.94. The largest absolute Gasteiger partial charge is 0.392 e. The molecule has 0 spiro atoms. The zero-order valence-corrected chi connectivity index (χ0v) is 9.94. The Bertz CT molecular complexity index is 435. The van der Waals surface area contributed by atoms with Crippen LogP contribution in [0.5, 0.6) is 0 Å². The summed E-state index contributed by atoms with van der Waals surface area (Å²) in [6, 6.07) is 5.51. The number of halogens is 1. The van der Waals surface area contributed by atoms with E-state index in [-0.39, 0.29) is 18.7 Å². The van der Waals surface area contributed by atoms with E-state index in [2.05, 4.69) is 10.6 Å². The SMILES string of the molecule is CC(O)CNC(=O)CNC(=O)c1ccccc1F. The number of carbonyl (C=O) groups is 2. The highest BCUT2D eigenvalue weighted by Crippen LogP contribution is 2.05. The molecule has 0 aliphatic carbocycles. The molecule has 1 unspecified atom stereocenters. The van der Waals surface area contributed by atoms with Gasteiger partial charge in [-0.1, -0.05) is 12.1 Å². The Morgan fingerprint density at radius 3 is 2.61 bits per heavy atom. The van der Waals surface area contributed by atoms with Crippen molar-refractivity contribution in [2.24, 2.45) is 0 Å². The summed E-state index contributed by atoms with van der Waals surface area (Å²) in [6.45, 7) is 1.37. The number of rotatable bonds is 5. The Labute approximate surface area is 104 Å². The second kappa shape index (κ2) is 6.70. The van der Waals surface area contributed by atoms with Crippen LogP contribution in [0.15, 0.2) is 24.3 Å². The Morgan fingerprint density at radius 2 is 2.00 bits per heavy atom. The van der Waals surface area contributed by atoms with Crippen molar-refractivity contribution in [3.8, 4) is 0 Å². The van der Waals surface area contributed by atoms with Crippen LogP contribution in [0.1, 0.15) is 17.3 Å². The van der Waals surface area contributed by atoms with E-state index in [4.69, 9.17) is 5.11 Å². The average Bonchev–Trinajstić information content (AvgIpc) is 2.34. The standard InChI is InChI=1S/C12H15FN2O3/c1-8(16)6-14-11(17)7-15-12(18)9-4-2-3-5-10(9)13/h2-5,8,16H,6-7H2,1H3,(H,14,17)(H,15,18). The molecule has 3 N–H and O–H groups in total. The van der Waals surface area contributed by atoms with Gasteiger partial charge in [-0.25, -0.2) is 4.39 Å². The molecular formula is C12H15FN2O3. The highest BCUT2D eigenvalue weighted by atomic mass is 19.1. The van der Waals surface area contributed by atoms with Gasteiger partial charge in [0.25, 0.3) is 5.91 Å². The molecule has 0 aromatic heterocycles. The summed E-state index contributed by atoms with van der Waals surface area (Å²) in [5, 5.41) is 13.6. The van der Waals surface area contributed by atoms with Gasteiger partial charge >= 0.3 is 0 Å². The van der Waals surface area contributed by atoms with Crippen molar-refractivity contribution in [1.82, 2.24) is 10.6 Å². The topological polar surface area (TPSA) is 78.4 Å². The van der Waals surface area contributed by atoms with Gasteiger partial charge in [0, 0.05) is 6.54 Å². The van der Waals surface area contributed by atoms with Gasteiger partial charge in [0.15, 0.2) is 0 Å². The minimum atomic E-state index is -0.656. The molecule has 1 aromatic carbocycles. The number of carbonyl (C=O) groups excluding carboxylic acids is 2. The van der Waals surface area contributed by atoms with Gasteiger partial charge in [0.05, 0.1) is 18.2 Å². The molecular weight excluding hydrogens is 239 g/mol. The Hall–Kier alpha value is -1.95. The first-order chi connectivity index (χ1) is 8.50. The van der Waals surface area contributed by atoms with E-state index in [1.165, 1.54) is 31.2 Å². The van der Waals surface area contributed by atoms with E-state index in [1.54, 1.807) is 0 Å². The summed E-state index contributed by atoms with van der Waals surface area (Å²) in [4.78, 5) is 22.8. The number of aliphatic hydroxyl groups excluding tert-OH is 1. The molecule has 98 valence electrons. The van der Waals surface area contributed by atoms with Crippen LogP contribution in [0.4, 0.5) is 4.39 Å². The van der Waals surface area contributed by atoms with E-state index < -0.39 is 23.7 Å². The summed E-state index contributed by atoms with van der Waals surface area (Å²) >= 11 is 0. The lowest BCUT2D eigenvalue weighted by atomic mass is 10.2. The molecule has 0 aliphatic heterocycles. The molecule has 0 saturated heterocycles. The van der Waals surface area contributed by atoms with Crippen LogP contribution in [-0.2, 0) is 4.79 Å². The maximum atomic E-state index is 13.2. The van der Waals surface area contributed by atoms with Gasteiger partial charge in [-0.15, -0.1) is 0 Å². The molecule has 0 saturated carbocycles. The summed E-state index contributed by atoms with van der Waals surface area (Å²) in [5.74, 6) is -1.74. The molecule has 1 rings (SSSR count). The smallest absolute Gasteiger partial charge is 0.254 e. The van der Waals surface area contributed by atoms with Crippen LogP contribution in [0.25, 0.3) is 0 Å². The van der Waals surface area contributed by atoms with Gasteiger partial charge in [0.2, 0.25) is 5.91 Å². The fourth-order valence-corrected chi connectivity index (χ4v) is 1.23. The van der Waals surface area contributed by atoms with Crippen LogP contribution in [-0.4, -0.2) is 36.1 Å². The number of aliphatic hydroxyl groups is 1. The fraction of sp³-hybridized carbons (Fsp3) is 0.333. The maximum absolute atomic E-state index is 13.2. The molecule has 0 radical (unpaired) electrons. The normalized spacial score (nSPS) is 11.7. The zero-order chi connectivity index (χ0) is 13.5. The lowest BCUT2D eigenvalue weighted by Gasteiger charge is -2.08. The molecule has 0 fully saturated rings. The monoisotopic (exact) mass is 254 g/mol. The van der Waals surface area contributed by atoms with Crippen LogP contribution in [0, 0.1) is 5.82 Å². The van der Waals surface area contributed by atoms with E-state index in [1.807, 2.05) is 0 Å². The van der Waals surface area contributed by atoms with Crippen LogP contribution in [0.2, 0.25) is 0 Å². The van der Waals surface area contributed by atoms with E-state index >= 15 is 0 Å². The first kappa shape index (κ1) is 14.1. The summed E-state index contributed by atoms with van der Waals surface area (Å²) < 4.78 is 13.2. The predicted molar refractivity (Wildman–Crippen MR) is 63.4 cm³/mol. The molecule has 0 aliphatic rings. The first-order valence-electron chi connectivity index (χ1n) is 5.48. The lowest BCUT2D eigenvalue weighted by molar-refractivity contribution is -0.120. The van der Waals surface area contributed by atoms with Gasteiger partial charge in [-0.05, 0) is 19.1 Å². The summed E-state index contributed by atoms with van der Waals surface area (Å²) in [7, 11) is 0. The first-order valence-corrected chi connectivity index (χ1v) is 5.48. The predicted octanol–water partition coefficient (Wildman–Crippen LogP) is 0.0525. The minimum absolute atomic E-state index is 0.106. The Kier molecular flexibility index (Phi) is 5.26. The highest BCUT2D eigenvalue weighted by Gasteiger charge is 2.11. The van der Waals surface area contributed by atoms with Gasteiger partial charge < -0.3 is 15.7 Å². The van der Waals surface area contributed by atoms with Crippen molar-refractivity contribution in [3.63, 3.8) is 0 Å².